The summed E-state index contributed by atoms with van der Waals surface area (Å²) in [5.74, 6) is -0.779. The van der Waals surface area contributed by atoms with Crippen LogP contribution in [0.3, 0.4) is 0 Å². The smallest absolute Gasteiger partial charge is 0.307 e. The second kappa shape index (κ2) is 4.34. The molecule has 0 aliphatic heterocycles. The van der Waals surface area contributed by atoms with E-state index in [2.05, 4.69) is 0 Å². The molecule has 15 heavy (non-hydrogen) atoms. The quantitative estimate of drug-likeness (QED) is 0.824. The number of hydrogen-bond donors (Lipinski definition) is 1. The van der Waals surface area contributed by atoms with E-state index in [0.29, 0.717) is 0 Å². The van der Waals surface area contributed by atoms with Gasteiger partial charge >= 0.3 is 5.97 Å². The van der Waals surface area contributed by atoms with Crippen LogP contribution in [0.2, 0.25) is 0 Å². The largest absolute Gasteiger partial charge is 0.481 e. The van der Waals surface area contributed by atoms with Gasteiger partial charge in [-0.15, -0.1) is 0 Å². The standard InChI is InChI=1S/C12H17NO2/c1-8-5-10(13(3)4)6-9(2)11(8)7-12(14)15/h5-6H,7H2,1-4H3,(H,14,15). The van der Waals surface area contributed by atoms with Crippen LogP contribution in [0.5, 0.6) is 0 Å². The molecule has 0 amide bonds. The Labute approximate surface area is 90.3 Å². The lowest BCUT2D eigenvalue weighted by atomic mass is 9.99. The van der Waals surface area contributed by atoms with Gasteiger partial charge in [0.1, 0.15) is 0 Å². The molecule has 0 fully saturated rings. The van der Waals surface area contributed by atoms with Crippen molar-refractivity contribution in [1.82, 2.24) is 0 Å². The summed E-state index contributed by atoms with van der Waals surface area (Å²) in [6.45, 7) is 3.91. The zero-order chi connectivity index (χ0) is 11.6. The highest BCUT2D eigenvalue weighted by Gasteiger charge is 2.09. The molecular formula is C12H17NO2. The van der Waals surface area contributed by atoms with Crippen LogP contribution in [0, 0.1) is 13.8 Å². The third-order valence-corrected chi connectivity index (χ3v) is 2.53. The van der Waals surface area contributed by atoms with Gasteiger partial charge in [0.05, 0.1) is 6.42 Å². The number of aryl methyl sites for hydroxylation is 2. The molecule has 0 aliphatic carbocycles. The minimum atomic E-state index is -0.779. The van der Waals surface area contributed by atoms with Gasteiger partial charge in [-0.25, -0.2) is 0 Å². The van der Waals surface area contributed by atoms with Crippen LogP contribution in [0.1, 0.15) is 16.7 Å². The minimum Gasteiger partial charge on any atom is -0.481 e. The van der Waals surface area contributed by atoms with Gasteiger partial charge in [0.25, 0.3) is 0 Å². The Morgan fingerprint density at radius 1 is 1.27 bits per heavy atom. The molecule has 0 saturated heterocycles. The summed E-state index contributed by atoms with van der Waals surface area (Å²) < 4.78 is 0. The van der Waals surface area contributed by atoms with E-state index in [4.69, 9.17) is 5.11 Å². The third-order valence-electron chi connectivity index (χ3n) is 2.53. The predicted octanol–water partition coefficient (Wildman–Crippen LogP) is 2.00. The fourth-order valence-corrected chi connectivity index (χ4v) is 1.66. The molecule has 0 atom stereocenters. The van der Waals surface area contributed by atoms with Crippen molar-refractivity contribution in [2.45, 2.75) is 20.3 Å². The van der Waals surface area contributed by atoms with E-state index in [0.717, 1.165) is 22.4 Å². The Morgan fingerprint density at radius 3 is 2.07 bits per heavy atom. The average Bonchev–Trinajstić information content (AvgIpc) is 2.10. The van der Waals surface area contributed by atoms with Gasteiger partial charge in [0, 0.05) is 19.8 Å². The number of carboxylic acids is 1. The molecule has 0 radical (unpaired) electrons. The van der Waals surface area contributed by atoms with Crippen LogP contribution in [0.15, 0.2) is 12.1 Å². The zero-order valence-corrected chi connectivity index (χ0v) is 9.66. The van der Waals surface area contributed by atoms with E-state index in [1.165, 1.54) is 0 Å². The summed E-state index contributed by atoms with van der Waals surface area (Å²) >= 11 is 0. The number of benzene rings is 1. The summed E-state index contributed by atoms with van der Waals surface area (Å²) in [5, 5.41) is 8.78. The van der Waals surface area contributed by atoms with Crippen molar-refractivity contribution in [2.24, 2.45) is 0 Å². The Bertz CT molecular complexity index is 360. The van der Waals surface area contributed by atoms with Crippen molar-refractivity contribution >= 4 is 11.7 Å². The van der Waals surface area contributed by atoms with Crippen molar-refractivity contribution in [3.8, 4) is 0 Å². The number of aliphatic carboxylic acids is 1. The molecule has 1 aromatic carbocycles. The molecule has 0 aromatic heterocycles. The first-order chi connectivity index (χ1) is 6.91. The molecule has 82 valence electrons. The normalized spacial score (nSPS) is 10.1. The van der Waals surface area contributed by atoms with Crippen molar-refractivity contribution in [3.63, 3.8) is 0 Å². The Hall–Kier alpha value is -1.51. The van der Waals surface area contributed by atoms with Gasteiger partial charge in [-0.2, -0.15) is 0 Å². The molecule has 1 aromatic rings. The van der Waals surface area contributed by atoms with Crippen LogP contribution in [0.25, 0.3) is 0 Å². The highest BCUT2D eigenvalue weighted by molar-refractivity contribution is 5.72. The van der Waals surface area contributed by atoms with Gasteiger partial charge in [0.15, 0.2) is 0 Å². The molecule has 1 N–H and O–H groups in total. The predicted molar refractivity (Wildman–Crippen MR) is 61.6 cm³/mol. The molecule has 3 nitrogen and oxygen atoms in total. The highest BCUT2D eigenvalue weighted by Crippen LogP contribution is 2.22. The molecule has 0 spiro atoms. The van der Waals surface area contributed by atoms with Gasteiger partial charge in [-0.3, -0.25) is 4.79 Å². The van der Waals surface area contributed by atoms with Crippen molar-refractivity contribution in [3.05, 3.63) is 28.8 Å². The summed E-state index contributed by atoms with van der Waals surface area (Å²) in [6, 6.07) is 4.04. The van der Waals surface area contributed by atoms with Crippen molar-refractivity contribution in [1.29, 1.82) is 0 Å². The number of nitrogens with zero attached hydrogens (tertiary/aromatic N) is 1. The molecular weight excluding hydrogens is 190 g/mol. The summed E-state index contributed by atoms with van der Waals surface area (Å²) in [4.78, 5) is 12.7. The maximum Gasteiger partial charge on any atom is 0.307 e. The molecule has 0 aliphatic rings. The van der Waals surface area contributed by atoms with Crippen LogP contribution < -0.4 is 4.90 Å². The van der Waals surface area contributed by atoms with Crippen LogP contribution in [-0.4, -0.2) is 25.2 Å². The number of rotatable bonds is 3. The van der Waals surface area contributed by atoms with E-state index in [9.17, 15) is 4.79 Å². The van der Waals surface area contributed by atoms with E-state index in [1.807, 2.05) is 45.0 Å². The Balaban J connectivity index is 3.15. The van der Waals surface area contributed by atoms with E-state index in [1.54, 1.807) is 0 Å². The molecule has 0 heterocycles. The number of hydrogen-bond acceptors (Lipinski definition) is 2. The topological polar surface area (TPSA) is 40.5 Å². The fourth-order valence-electron chi connectivity index (χ4n) is 1.66. The van der Waals surface area contributed by atoms with Gasteiger partial charge in [0.2, 0.25) is 0 Å². The third kappa shape index (κ3) is 2.72. The van der Waals surface area contributed by atoms with Crippen LogP contribution in [0.4, 0.5) is 5.69 Å². The second-order valence-electron chi connectivity index (χ2n) is 4.02. The lowest BCUT2D eigenvalue weighted by Crippen LogP contribution is -2.11. The summed E-state index contributed by atoms with van der Waals surface area (Å²) in [6.07, 6.45) is 0.103. The maximum atomic E-state index is 10.7. The zero-order valence-electron chi connectivity index (χ0n) is 9.66. The first kappa shape index (κ1) is 11.6. The monoisotopic (exact) mass is 207 g/mol. The first-order valence-electron chi connectivity index (χ1n) is 4.91. The molecule has 0 bridgehead atoms. The van der Waals surface area contributed by atoms with Gasteiger partial charge < -0.3 is 10.0 Å². The SMILES string of the molecule is Cc1cc(N(C)C)cc(C)c1CC(=O)O. The summed E-state index contributed by atoms with van der Waals surface area (Å²) in [5.41, 5.74) is 4.12. The lowest BCUT2D eigenvalue weighted by Gasteiger charge is -2.17. The van der Waals surface area contributed by atoms with Crippen molar-refractivity contribution in [2.75, 3.05) is 19.0 Å². The van der Waals surface area contributed by atoms with Gasteiger partial charge in [-0.1, -0.05) is 0 Å². The Morgan fingerprint density at radius 2 is 1.73 bits per heavy atom. The summed E-state index contributed by atoms with van der Waals surface area (Å²) in [7, 11) is 3.95. The second-order valence-corrected chi connectivity index (χ2v) is 4.02. The van der Waals surface area contributed by atoms with Crippen LogP contribution in [-0.2, 0) is 11.2 Å². The Kier molecular flexibility index (Phi) is 3.35. The van der Waals surface area contributed by atoms with E-state index in [-0.39, 0.29) is 6.42 Å². The lowest BCUT2D eigenvalue weighted by molar-refractivity contribution is -0.136. The number of carbonyl (C=O) groups is 1. The average molecular weight is 207 g/mol. The number of anilines is 1. The number of carboxylic acid groups (broad SMARTS) is 1. The molecule has 3 heteroatoms. The molecule has 1 rings (SSSR count). The van der Waals surface area contributed by atoms with Crippen LogP contribution >= 0.6 is 0 Å². The maximum absolute atomic E-state index is 10.7. The van der Waals surface area contributed by atoms with E-state index >= 15 is 0 Å². The molecule has 0 saturated carbocycles. The fraction of sp³-hybridized carbons (Fsp3) is 0.417. The van der Waals surface area contributed by atoms with Crippen molar-refractivity contribution < 1.29 is 9.90 Å². The van der Waals surface area contributed by atoms with E-state index < -0.39 is 5.97 Å². The minimum absolute atomic E-state index is 0.103. The van der Waals surface area contributed by atoms with Gasteiger partial charge in [-0.05, 0) is 42.7 Å². The molecule has 0 unspecified atom stereocenters. The first-order valence-corrected chi connectivity index (χ1v) is 4.91. The highest BCUT2D eigenvalue weighted by atomic mass is 16.4.